The molecule has 1 saturated carbocycles. The van der Waals surface area contributed by atoms with E-state index >= 15 is 0 Å². The fraction of sp³-hybridized carbons (Fsp3) is 0.364. The van der Waals surface area contributed by atoms with Crippen molar-refractivity contribution in [2.24, 2.45) is 0 Å². The highest BCUT2D eigenvalue weighted by Crippen LogP contribution is 2.37. The number of nitrogens with zero attached hydrogens (tertiary/aromatic N) is 3. The lowest BCUT2D eigenvalue weighted by Crippen LogP contribution is -1.97. The Bertz CT molecular complexity index is 562. The van der Waals surface area contributed by atoms with E-state index in [9.17, 15) is 0 Å². The summed E-state index contributed by atoms with van der Waals surface area (Å²) >= 11 is 5.24. The molecule has 5 heteroatoms. The Morgan fingerprint density at radius 3 is 2.88 bits per heavy atom. The van der Waals surface area contributed by atoms with E-state index in [1.807, 2.05) is 25.3 Å². The predicted octanol–water partition coefficient (Wildman–Crippen LogP) is 2.65. The van der Waals surface area contributed by atoms with E-state index in [2.05, 4.69) is 19.7 Å². The molecule has 0 aliphatic heterocycles. The van der Waals surface area contributed by atoms with Crippen LogP contribution < -0.4 is 0 Å². The minimum Gasteiger partial charge on any atom is -0.297 e. The third kappa shape index (κ3) is 1.57. The molecular weight excluding hydrogens is 220 g/mol. The molecule has 4 nitrogen and oxygen atoms in total. The molecule has 2 heterocycles. The Morgan fingerprint density at radius 1 is 1.44 bits per heavy atom. The Labute approximate surface area is 98.3 Å². The minimum atomic E-state index is 0.530. The highest BCUT2D eigenvalue weighted by atomic mass is 32.1. The molecule has 82 valence electrons. The van der Waals surface area contributed by atoms with Crippen LogP contribution >= 0.6 is 12.2 Å². The maximum absolute atomic E-state index is 5.24. The van der Waals surface area contributed by atoms with Crippen LogP contribution in [0.1, 0.15) is 24.6 Å². The first-order chi connectivity index (χ1) is 7.75. The van der Waals surface area contributed by atoms with Crippen LogP contribution in [0, 0.1) is 11.7 Å². The van der Waals surface area contributed by atoms with Crippen LogP contribution in [-0.2, 0) is 0 Å². The molecule has 0 aromatic carbocycles. The third-order valence-corrected chi connectivity index (χ3v) is 3.07. The Morgan fingerprint density at radius 2 is 2.25 bits per heavy atom. The topological polar surface area (TPSA) is 46.5 Å². The molecule has 0 radical (unpaired) electrons. The summed E-state index contributed by atoms with van der Waals surface area (Å²) in [4.78, 5) is 4.28. The monoisotopic (exact) mass is 232 g/mol. The normalized spacial score (nSPS) is 15.3. The van der Waals surface area contributed by atoms with Gasteiger partial charge in [-0.05, 0) is 44.1 Å². The first kappa shape index (κ1) is 9.72. The Balaban J connectivity index is 2.12. The molecule has 0 bridgehead atoms. The molecule has 0 amide bonds. The van der Waals surface area contributed by atoms with Crippen molar-refractivity contribution in [3.05, 3.63) is 28.8 Å². The van der Waals surface area contributed by atoms with E-state index in [0.717, 1.165) is 17.1 Å². The van der Waals surface area contributed by atoms with Crippen molar-refractivity contribution in [2.45, 2.75) is 25.8 Å². The first-order valence-electron chi connectivity index (χ1n) is 5.35. The van der Waals surface area contributed by atoms with Crippen molar-refractivity contribution < 1.29 is 0 Å². The zero-order valence-corrected chi connectivity index (χ0v) is 9.79. The van der Waals surface area contributed by atoms with Gasteiger partial charge in [0.1, 0.15) is 0 Å². The average Bonchev–Trinajstić information content (AvgIpc) is 3.04. The number of pyridine rings is 1. The Hall–Kier alpha value is -1.49. The number of aromatic amines is 1. The van der Waals surface area contributed by atoms with Gasteiger partial charge in [0.2, 0.25) is 0 Å². The molecule has 1 aliphatic carbocycles. The molecule has 1 aliphatic rings. The Kier molecular flexibility index (Phi) is 2.14. The van der Waals surface area contributed by atoms with Crippen molar-refractivity contribution in [3.8, 4) is 11.4 Å². The zero-order valence-electron chi connectivity index (χ0n) is 8.97. The maximum Gasteiger partial charge on any atom is 0.195 e. The average molecular weight is 232 g/mol. The minimum absolute atomic E-state index is 0.530. The van der Waals surface area contributed by atoms with Crippen LogP contribution in [0.2, 0.25) is 0 Å². The second kappa shape index (κ2) is 3.52. The summed E-state index contributed by atoms with van der Waals surface area (Å²) in [5, 5.41) is 7.14. The number of rotatable bonds is 2. The summed E-state index contributed by atoms with van der Waals surface area (Å²) in [6.45, 7) is 1.97. The summed E-state index contributed by atoms with van der Waals surface area (Å²) in [5.74, 6) is 0.903. The van der Waals surface area contributed by atoms with Gasteiger partial charge < -0.3 is 0 Å². The largest absolute Gasteiger partial charge is 0.297 e. The SMILES string of the molecule is Cc1ccc(-c2n[nH]c(=S)n2C2CC2)cn1. The van der Waals surface area contributed by atoms with Crippen molar-refractivity contribution in [2.75, 3.05) is 0 Å². The van der Waals surface area contributed by atoms with Crippen LogP contribution in [-0.4, -0.2) is 19.7 Å². The van der Waals surface area contributed by atoms with E-state index in [4.69, 9.17) is 12.2 Å². The molecule has 0 saturated heterocycles. The molecule has 0 spiro atoms. The van der Waals surface area contributed by atoms with Gasteiger partial charge in [0.15, 0.2) is 10.6 Å². The standard InChI is InChI=1S/C11H12N4S/c1-7-2-3-8(6-12-7)10-13-14-11(16)15(10)9-4-5-9/h2-3,6,9H,4-5H2,1H3,(H,14,16). The van der Waals surface area contributed by atoms with Crippen molar-refractivity contribution in [1.29, 1.82) is 0 Å². The smallest absolute Gasteiger partial charge is 0.195 e. The van der Waals surface area contributed by atoms with Crippen molar-refractivity contribution in [3.63, 3.8) is 0 Å². The molecule has 2 aromatic rings. The van der Waals surface area contributed by atoms with Crippen molar-refractivity contribution in [1.82, 2.24) is 19.7 Å². The van der Waals surface area contributed by atoms with Gasteiger partial charge in [-0.3, -0.25) is 14.6 Å². The fourth-order valence-electron chi connectivity index (χ4n) is 1.78. The quantitative estimate of drug-likeness (QED) is 0.810. The zero-order chi connectivity index (χ0) is 11.1. The van der Waals surface area contributed by atoms with Gasteiger partial charge in [-0.15, -0.1) is 0 Å². The lowest BCUT2D eigenvalue weighted by atomic mass is 10.2. The third-order valence-electron chi connectivity index (χ3n) is 2.79. The molecular formula is C11H12N4S. The van der Waals surface area contributed by atoms with Gasteiger partial charge in [-0.25, -0.2) is 0 Å². The summed E-state index contributed by atoms with van der Waals surface area (Å²) in [6.07, 6.45) is 4.24. The molecule has 0 unspecified atom stereocenters. The number of hydrogen-bond acceptors (Lipinski definition) is 3. The van der Waals surface area contributed by atoms with Gasteiger partial charge in [0.05, 0.1) is 0 Å². The van der Waals surface area contributed by atoms with Gasteiger partial charge >= 0.3 is 0 Å². The number of hydrogen-bond donors (Lipinski definition) is 1. The summed E-state index contributed by atoms with van der Waals surface area (Å²) in [6, 6.07) is 4.55. The molecule has 16 heavy (non-hydrogen) atoms. The van der Waals surface area contributed by atoms with E-state index < -0.39 is 0 Å². The van der Waals surface area contributed by atoms with Gasteiger partial charge in [-0.1, -0.05) is 0 Å². The lowest BCUT2D eigenvalue weighted by molar-refractivity contribution is 0.734. The summed E-state index contributed by atoms with van der Waals surface area (Å²) in [5.41, 5.74) is 2.03. The lowest BCUT2D eigenvalue weighted by Gasteiger charge is -2.04. The maximum atomic E-state index is 5.24. The van der Waals surface area contributed by atoms with E-state index in [0.29, 0.717) is 10.8 Å². The molecule has 1 N–H and O–H groups in total. The van der Waals surface area contributed by atoms with Gasteiger partial charge in [-0.2, -0.15) is 5.10 Å². The van der Waals surface area contributed by atoms with Crippen molar-refractivity contribution >= 4 is 12.2 Å². The van der Waals surface area contributed by atoms with Crippen LogP contribution in [0.15, 0.2) is 18.3 Å². The highest BCUT2D eigenvalue weighted by molar-refractivity contribution is 7.71. The van der Waals surface area contributed by atoms with Crippen LogP contribution in [0.3, 0.4) is 0 Å². The fourth-order valence-corrected chi connectivity index (χ4v) is 2.06. The number of aryl methyl sites for hydroxylation is 1. The van der Waals surface area contributed by atoms with Crippen LogP contribution in [0.5, 0.6) is 0 Å². The van der Waals surface area contributed by atoms with Crippen LogP contribution in [0.4, 0.5) is 0 Å². The van der Waals surface area contributed by atoms with E-state index in [-0.39, 0.29) is 0 Å². The van der Waals surface area contributed by atoms with E-state index in [1.165, 1.54) is 12.8 Å². The van der Waals surface area contributed by atoms with E-state index in [1.54, 1.807) is 0 Å². The highest BCUT2D eigenvalue weighted by Gasteiger charge is 2.27. The van der Waals surface area contributed by atoms with Gasteiger partial charge in [0, 0.05) is 23.5 Å². The summed E-state index contributed by atoms with van der Waals surface area (Å²) < 4.78 is 2.81. The van der Waals surface area contributed by atoms with Gasteiger partial charge in [0.25, 0.3) is 0 Å². The number of aromatic nitrogens is 4. The first-order valence-corrected chi connectivity index (χ1v) is 5.76. The summed E-state index contributed by atoms with van der Waals surface area (Å²) in [7, 11) is 0. The molecule has 0 atom stereocenters. The van der Waals surface area contributed by atoms with Crippen LogP contribution in [0.25, 0.3) is 11.4 Å². The second-order valence-electron chi connectivity index (χ2n) is 4.14. The molecule has 1 fully saturated rings. The number of nitrogens with one attached hydrogen (secondary N) is 1. The molecule has 2 aromatic heterocycles. The second-order valence-corrected chi connectivity index (χ2v) is 4.53. The number of H-pyrrole nitrogens is 1. The molecule has 3 rings (SSSR count). The predicted molar refractivity (Wildman–Crippen MR) is 63.7 cm³/mol.